The highest BCUT2D eigenvalue weighted by Gasteiger charge is 2.29. The molecule has 0 bridgehead atoms. The minimum absolute atomic E-state index is 0.0550. The minimum Gasteiger partial charge on any atom is -0.492 e. The van der Waals surface area contributed by atoms with Gasteiger partial charge in [-0.05, 0) is 23.3 Å². The van der Waals surface area contributed by atoms with Crippen LogP contribution in [0.5, 0.6) is 35.0 Å². The van der Waals surface area contributed by atoms with Gasteiger partial charge in [-0.3, -0.25) is 0 Å². The Bertz CT molecular complexity index is 1550. The van der Waals surface area contributed by atoms with Gasteiger partial charge in [-0.15, -0.1) is 9.46 Å². The normalized spacial score (nSPS) is 10.7. The van der Waals surface area contributed by atoms with E-state index >= 15 is 0 Å². The number of rotatable bonds is 10. The highest BCUT2D eigenvalue weighted by Crippen LogP contribution is 2.38. The molecule has 5 rings (SSSR count). The molecule has 0 fully saturated rings. The zero-order valence-corrected chi connectivity index (χ0v) is 21.8. The lowest BCUT2D eigenvalue weighted by Crippen LogP contribution is -2.23. The number of nitrogens with zero attached hydrogens (tertiary/aromatic N) is 2. The molecule has 0 saturated heterocycles. The Kier molecular flexibility index (Phi) is 7.87. The molecule has 0 aliphatic heterocycles. The van der Waals surface area contributed by atoms with Gasteiger partial charge in [-0.2, -0.15) is 0 Å². The predicted octanol–water partition coefficient (Wildman–Crippen LogP) is 3.81. The molecule has 214 valence electrons. The van der Waals surface area contributed by atoms with Crippen molar-refractivity contribution in [2.24, 2.45) is 0 Å². The summed E-state index contributed by atoms with van der Waals surface area (Å²) in [6.07, 6.45) is 0. The fraction of sp³-hybridized carbons (Fsp3) is 0.0667. The average molecular weight is 573 g/mol. The Morgan fingerprint density at radius 2 is 0.833 bits per heavy atom. The summed E-state index contributed by atoms with van der Waals surface area (Å²) in [4.78, 5) is 37.0. The van der Waals surface area contributed by atoms with Gasteiger partial charge in [0, 0.05) is 24.3 Å². The molecule has 0 amide bonds. The first-order valence-corrected chi connectivity index (χ1v) is 12.5. The quantitative estimate of drug-likeness (QED) is 0.194. The molecule has 0 aliphatic rings. The first kappa shape index (κ1) is 27.5. The van der Waals surface area contributed by atoms with Crippen LogP contribution >= 0.6 is 0 Å². The summed E-state index contributed by atoms with van der Waals surface area (Å²) in [5.41, 5.74) is 1.01. The maximum Gasteiger partial charge on any atom is 0.367 e. The van der Waals surface area contributed by atoms with Gasteiger partial charge in [0.2, 0.25) is 23.5 Å². The zero-order valence-electron chi connectivity index (χ0n) is 21.8. The molecular weight excluding hydrogens is 548 g/mol. The number of carbonyl (C=O) groups is 2. The number of hydrogen-bond donors (Lipinski definition) is 4. The highest BCUT2D eigenvalue weighted by atomic mass is 16.7. The molecule has 12 heteroatoms. The first-order chi connectivity index (χ1) is 20.3. The summed E-state index contributed by atoms with van der Waals surface area (Å²) < 4.78 is 13.1. The van der Waals surface area contributed by atoms with Crippen LogP contribution in [0.1, 0.15) is 31.8 Å². The largest absolute Gasteiger partial charge is 0.492 e. The number of ether oxygens (including phenoxy) is 2. The SMILES string of the molecule is O=C(On1c(O)ccc1O)c1ccc(C(=O)On2c(O)ccc2O)c(OCc2ccccc2)c1OCc1ccccc1. The van der Waals surface area contributed by atoms with Crippen molar-refractivity contribution in [1.82, 2.24) is 9.46 Å². The van der Waals surface area contributed by atoms with E-state index in [1.54, 1.807) is 48.5 Å². The maximum absolute atomic E-state index is 13.3. The standard InChI is InChI=1S/C30H24N2O10/c33-23-13-14-24(34)31(23)41-29(37)21-11-12-22(30(38)42-32-25(35)15-16-26(32)36)28(40-18-20-9-5-2-6-10-20)27(21)39-17-19-7-3-1-4-8-19/h1-16,33-36H,17-18H2. The van der Waals surface area contributed by atoms with Gasteiger partial charge in [-0.25, -0.2) is 9.59 Å². The predicted molar refractivity (Wildman–Crippen MR) is 145 cm³/mol. The molecule has 0 spiro atoms. The molecular formula is C30H24N2O10. The molecule has 0 saturated carbocycles. The fourth-order valence-corrected chi connectivity index (χ4v) is 3.89. The van der Waals surface area contributed by atoms with Gasteiger partial charge >= 0.3 is 11.9 Å². The van der Waals surface area contributed by atoms with Gasteiger partial charge in [0.05, 0.1) is 0 Å². The van der Waals surface area contributed by atoms with E-state index in [9.17, 15) is 30.0 Å². The van der Waals surface area contributed by atoms with Crippen LogP contribution in [-0.4, -0.2) is 41.8 Å². The molecule has 2 aromatic heterocycles. The van der Waals surface area contributed by atoms with Gasteiger partial charge in [0.15, 0.2) is 11.5 Å². The van der Waals surface area contributed by atoms with Gasteiger partial charge in [-0.1, -0.05) is 60.7 Å². The Morgan fingerprint density at radius 1 is 0.500 bits per heavy atom. The summed E-state index contributed by atoms with van der Waals surface area (Å²) in [6, 6.07) is 24.9. The van der Waals surface area contributed by atoms with Crippen molar-refractivity contribution >= 4 is 11.9 Å². The van der Waals surface area contributed by atoms with Crippen molar-refractivity contribution in [3.05, 3.63) is 119 Å². The second-order valence-electron chi connectivity index (χ2n) is 8.81. The molecule has 3 aromatic carbocycles. The third-order valence-corrected chi connectivity index (χ3v) is 5.95. The number of carbonyl (C=O) groups excluding carboxylic acids is 2. The lowest BCUT2D eigenvalue weighted by atomic mass is 10.1. The minimum atomic E-state index is -1.06. The lowest BCUT2D eigenvalue weighted by Gasteiger charge is -2.19. The Balaban J connectivity index is 1.58. The molecule has 42 heavy (non-hydrogen) atoms. The monoisotopic (exact) mass is 572 g/mol. The van der Waals surface area contributed by atoms with Gasteiger partial charge < -0.3 is 39.6 Å². The van der Waals surface area contributed by atoms with E-state index < -0.39 is 35.5 Å². The molecule has 0 atom stereocenters. The van der Waals surface area contributed by atoms with E-state index in [-0.39, 0.29) is 35.8 Å². The maximum atomic E-state index is 13.3. The van der Waals surface area contributed by atoms with Crippen molar-refractivity contribution in [1.29, 1.82) is 0 Å². The smallest absolute Gasteiger partial charge is 0.367 e. The molecule has 4 N–H and O–H groups in total. The van der Waals surface area contributed by atoms with E-state index in [2.05, 4.69) is 0 Å². The van der Waals surface area contributed by atoms with Crippen molar-refractivity contribution in [2.75, 3.05) is 0 Å². The summed E-state index contributed by atoms with van der Waals surface area (Å²) in [7, 11) is 0. The number of aromatic nitrogens is 2. The van der Waals surface area contributed by atoms with E-state index in [0.717, 1.165) is 35.4 Å². The molecule has 0 unspecified atom stereocenters. The van der Waals surface area contributed by atoms with Crippen LogP contribution in [0.2, 0.25) is 0 Å². The summed E-state index contributed by atoms with van der Waals surface area (Å²) in [6.45, 7) is -0.110. The van der Waals surface area contributed by atoms with E-state index in [1.165, 1.54) is 12.1 Å². The number of aromatic hydroxyl groups is 4. The van der Waals surface area contributed by atoms with Crippen molar-refractivity contribution in [3.8, 4) is 35.0 Å². The van der Waals surface area contributed by atoms with Crippen LogP contribution < -0.4 is 19.1 Å². The number of hydrogen-bond acceptors (Lipinski definition) is 10. The highest BCUT2D eigenvalue weighted by molar-refractivity contribution is 5.99. The average Bonchev–Trinajstić information content (AvgIpc) is 3.50. The van der Waals surface area contributed by atoms with Crippen LogP contribution in [0.3, 0.4) is 0 Å². The summed E-state index contributed by atoms with van der Waals surface area (Å²) in [5, 5.41) is 39.9. The van der Waals surface area contributed by atoms with E-state index in [4.69, 9.17) is 19.1 Å². The second kappa shape index (κ2) is 12.0. The molecule has 12 nitrogen and oxygen atoms in total. The Labute approximate surface area is 238 Å². The third kappa shape index (κ3) is 5.92. The Hall–Kier alpha value is -6.04. The first-order valence-electron chi connectivity index (χ1n) is 12.5. The van der Waals surface area contributed by atoms with E-state index in [1.807, 2.05) is 12.1 Å². The van der Waals surface area contributed by atoms with Crippen molar-refractivity contribution in [2.45, 2.75) is 13.2 Å². The molecule has 2 heterocycles. The number of benzene rings is 3. The molecule has 5 aromatic rings. The summed E-state index contributed by atoms with van der Waals surface area (Å²) in [5.74, 6) is -4.71. The Morgan fingerprint density at radius 3 is 1.17 bits per heavy atom. The molecule has 0 aliphatic carbocycles. The van der Waals surface area contributed by atoms with E-state index in [0.29, 0.717) is 9.46 Å². The third-order valence-electron chi connectivity index (χ3n) is 5.95. The van der Waals surface area contributed by atoms with Crippen LogP contribution in [0.4, 0.5) is 0 Å². The van der Waals surface area contributed by atoms with Crippen LogP contribution in [0.25, 0.3) is 0 Å². The van der Waals surface area contributed by atoms with Gasteiger partial charge in [0.25, 0.3) is 0 Å². The summed E-state index contributed by atoms with van der Waals surface area (Å²) >= 11 is 0. The zero-order chi connectivity index (χ0) is 29.6. The fourth-order valence-electron chi connectivity index (χ4n) is 3.89. The molecule has 0 radical (unpaired) electrons. The topological polar surface area (TPSA) is 162 Å². The van der Waals surface area contributed by atoms with Crippen molar-refractivity contribution < 1.29 is 49.2 Å². The lowest BCUT2D eigenvalue weighted by molar-refractivity contribution is 0.0362. The van der Waals surface area contributed by atoms with Gasteiger partial charge in [0.1, 0.15) is 24.3 Å². The van der Waals surface area contributed by atoms with Crippen LogP contribution in [0.15, 0.2) is 97.1 Å². The van der Waals surface area contributed by atoms with Crippen LogP contribution in [-0.2, 0) is 13.2 Å². The second-order valence-corrected chi connectivity index (χ2v) is 8.81. The van der Waals surface area contributed by atoms with Crippen LogP contribution in [0, 0.1) is 0 Å². The van der Waals surface area contributed by atoms with Crippen molar-refractivity contribution in [3.63, 3.8) is 0 Å².